The molecule has 18 heavy (non-hydrogen) atoms. The minimum atomic E-state index is -0.722. The number of hydrogen-bond acceptors (Lipinski definition) is 3. The molecule has 0 fully saturated rings. The second-order valence-corrected chi connectivity index (χ2v) is 6.46. The Labute approximate surface area is 118 Å². The molecule has 2 aromatic rings. The standard InChI is InChI=1S/C13H15BrN2OS/c1-18(17)9-3-7-15-13-11-4-2-5-12(14)10(11)6-8-16-13/h2,4-6,8H,3,7,9H2,1H3,(H,15,16). The predicted octanol–water partition coefficient (Wildman–Crippen LogP) is 3.18. The lowest BCUT2D eigenvalue weighted by Gasteiger charge is -2.09. The lowest BCUT2D eigenvalue weighted by atomic mass is 10.1. The molecule has 0 amide bonds. The van der Waals surface area contributed by atoms with Crippen LogP contribution in [0.5, 0.6) is 0 Å². The van der Waals surface area contributed by atoms with E-state index in [1.807, 2.05) is 24.3 Å². The van der Waals surface area contributed by atoms with Gasteiger partial charge in [-0.25, -0.2) is 4.98 Å². The smallest absolute Gasteiger partial charge is 0.133 e. The van der Waals surface area contributed by atoms with Crippen LogP contribution in [0.2, 0.25) is 0 Å². The molecule has 0 saturated carbocycles. The van der Waals surface area contributed by atoms with E-state index in [0.717, 1.165) is 39.8 Å². The van der Waals surface area contributed by atoms with Crippen LogP contribution in [0.15, 0.2) is 34.9 Å². The van der Waals surface area contributed by atoms with E-state index < -0.39 is 10.8 Å². The van der Waals surface area contributed by atoms with Crippen molar-refractivity contribution >= 4 is 43.3 Å². The first-order chi connectivity index (χ1) is 8.68. The van der Waals surface area contributed by atoms with Crippen LogP contribution in [0.4, 0.5) is 5.82 Å². The lowest BCUT2D eigenvalue weighted by molar-refractivity contribution is 0.685. The van der Waals surface area contributed by atoms with Crippen molar-refractivity contribution in [2.24, 2.45) is 0 Å². The number of fused-ring (bicyclic) bond motifs is 1. The Balaban J connectivity index is 2.13. The molecule has 1 atom stereocenters. The predicted molar refractivity (Wildman–Crippen MR) is 81.5 cm³/mol. The molecule has 3 nitrogen and oxygen atoms in total. The van der Waals surface area contributed by atoms with Crippen molar-refractivity contribution in [3.63, 3.8) is 0 Å². The largest absolute Gasteiger partial charge is 0.370 e. The summed E-state index contributed by atoms with van der Waals surface area (Å²) >= 11 is 3.54. The topological polar surface area (TPSA) is 42.0 Å². The van der Waals surface area contributed by atoms with Crippen LogP contribution in [0.25, 0.3) is 10.8 Å². The molecule has 96 valence electrons. The molecule has 0 aliphatic heterocycles. The summed E-state index contributed by atoms with van der Waals surface area (Å²) in [5, 5.41) is 5.55. The summed E-state index contributed by atoms with van der Waals surface area (Å²) in [6, 6.07) is 8.06. The molecule has 1 aromatic heterocycles. The van der Waals surface area contributed by atoms with Crippen molar-refractivity contribution in [1.82, 2.24) is 4.98 Å². The van der Waals surface area contributed by atoms with Gasteiger partial charge in [0.05, 0.1) is 0 Å². The third-order valence-corrected chi connectivity index (χ3v) is 4.21. The quantitative estimate of drug-likeness (QED) is 0.858. The molecule has 0 spiro atoms. The number of rotatable bonds is 5. The summed E-state index contributed by atoms with van der Waals surface area (Å²) in [5.74, 6) is 1.61. The zero-order valence-corrected chi connectivity index (χ0v) is 12.6. The highest BCUT2D eigenvalue weighted by molar-refractivity contribution is 9.10. The molecule has 0 saturated heterocycles. The molecule has 0 bridgehead atoms. The molecule has 0 radical (unpaired) electrons. The highest BCUT2D eigenvalue weighted by Crippen LogP contribution is 2.27. The summed E-state index contributed by atoms with van der Waals surface area (Å²) in [6.45, 7) is 0.790. The van der Waals surface area contributed by atoms with Crippen molar-refractivity contribution < 1.29 is 4.21 Å². The van der Waals surface area contributed by atoms with Gasteiger partial charge in [0.1, 0.15) is 5.82 Å². The van der Waals surface area contributed by atoms with Gasteiger partial charge in [0.15, 0.2) is 0 Å². The first-order valence-electron chi connectivity index (χ1n) is 5.75. The first kappa shape index (κ1) is 13.5. The first-order valence-corrected chi connectivity index (χ1v) is 8.27. The number of benzene rings is 1. The van der Waals surface area contributed by atoms with E-state index in [0.29, 0.717) is 0 Å². The summed E-state index contributed by atoms with van der Waals surface area (Å²) in [4.78, 5) is 4.36. The molecule has 1 heterocycles. The molecule has 1 aromatic carbocycles. The average molecular weight is 327 g/mol. The Bertz CT molecular complexity index is 574. The van der Waals surface area contributed by atoms with E-state index in [-0.39, 0.29) is 0 Å². The third-order valence-electron chi connectivity index (χ3n) is 2.65. The Morgan fingerprint density at radius 2 is 2.17 bits per heavy atom. The second kappa shape index (κ2) is 6.29. The molecule has 1 unspecified atom stereocenters. The van der Waals surface area contributed by atoms with Gasteiger partial charge in [-0.1, -0.05) is 28.1 Å². The normalized spacial score (nSPS) is 12.6. The van der Waals surface area contributed by atoms with Crippen molar-refractivity contribution in [2.45, 2.75) is 6.42 Å². The van der Waals surface area contributed by atoms with Crippen LogP contribution in [0.3, 0.4) is 0 Å². The van der Waals surface area contributed by atoms with Crippen molar-refractivity contribution in [1.29, 1.82) is 0 Å². The van der Waals surface area contributed by atoms with E-state index in [1.165, 1.54) is 0 Å². The van der Waals surface area contributed by atoms with Crippen LogP contribution in [0, 0.1) is 0 Å². The van der Waals surface area contributed by atoms with E-state index in [1.54, 1.807) is 12.5 Å². The van der Waals surface area contributed by atoms with Gasteiger partial charge in [-0.15, -0.1) is 0 Å². The number of anilines is 1. The van der Waals surface area contributed by atoms with E-state index in [2.05, 4.69) is 26.2 Å². The Morgan fingerprint density at radius 3 is 2.94 bits per heavy atom. The summed E-state index contributed by atoms with van der Waals surface area (Å²) < 4.78 is 12.0. The van der Waals surface area contributed by atoms with Gasteiger partial charge in [0.2, 0.25) is 0 Å². The second-order valence-electron chi connectivity index (χ2n) is 4.05. The molecule has 0 aliphatic carbocycles. The van der Waals surface area contributed by atoms with Gasteiger partial charge in [-0.3, -0.25) is 4.21 Å². The lowest BCUT2D eigenvalue weighted by Crippen LogP contribution is -2.07. The van der Waals surface area contributed by atoms with E-state index in [9.17, 15) is 4.21 Å². The van der Waals surface area contributed by atoms with Crippen molar-refractivity contribution in [3.8, 4) is 0 Å². The number of hydrogen-bond donors (Lipinski definition) is 1. The van der Waals surface area contributed by atoms with Crippen LogP contribution in [-0.4, -0.2) is 27.7 Å². The number of aromatic nitrogens is 1. The number of pyridine rings is 1. The van der Waals surface area contributed by atoms with E-state index >= 15 is 0 Å². The number of nitrogens with zero attached hydrogens (tertiary/aromatic N) is 1. The third kappa shape index (κ3) is 3.29. The molecular formula is C13H15BrN2OS. The molecular weight excluding hydrogens is 312 g/mol. The van der Waals surface area contributed by atoms with Crippen molar-refractivity contribution in [3.05, 3.63) is 34.9 Å². The highest BCUT2D eigenvalue weighted by Gasteiger charge is 2.03. The van der Waals surface area contributed by atoms with Gasteiger partial charge in [-0.2, -0.15) is 0 Å². The van der Waals surface area contributed by atoms with E-state index in [4.69, 9.17) is 0 Å². The molecule has 0 aliphatic rings. The fraction of sp³-hybridized carbons (Fsp3) is 0.308. The van der Waals surface area contributed by atoms with Crippen molar-refractivity contribution in [2.75, 3.05) is 23.9 Å². The zero-order valence-electron chi connectivity index (χ0n) is 10.1. The van der Waals surface area contributed by atoms with Crippen LogP contribution in [-0.2, 0) is 10.8 Å². The summed E-state index contributed by atoms with van der Waals surface area (Å²) in [6.07, 6.45) is 4.41. The van der Waals surface area contributed by atoms with Gasteiger partial charge in [0, 0.05) is 50.8 Å². The Kier molecular flexibility index (Phi) is 4.72. The Hall–Kier alpha value is -0.940. The zero-order chi connectivity index (χ0) is 13.0. The minimum Gasteiger partial charge on any atom is -0.370 e. The maximum atomic E-state index is 11.0. The average Bonchev–Trinajstić information content (AvgIpc) is 2.35. The SMILES string of the molecule is CS(=O)CCCNc1nccc2c(Br)cccc12. The Morgan fingerprint density at radius 1 is 1.33 bits per heavy atom. The van der Waals surface area contributed by atoms with Gasteiger partial charge < -0.3 is 5.32 Å². The number of halogens is 1. The van der Waals surface area contributed by atoms with Crippen LogP contribution >= 0.6 is 15.9 Å². The van der Waals surface area contributed by atoms with Gasteiger partial charge in [-0.05, 0) is 18.6 Å². The number of nitrogens with one attached hydrogen (secondary N) is 1. The highest BCUT2D eigenvalue weighted by atomic mass is 79.9. The van der Waals surface area contributed by atoms with Gasteiger partial charge >= 0.3 is 0 Å². The summed E-state index contributed by atoms with van der Waals surface area (Å²) in [5.41, 5.74) is 0. The maximum absolute atomic E-state index is 11.0. The fourth-order valence-corrected chi connectivity index (χ4v) is 2.84. The molecule has 5 heteroatoms. The van der Waals surface area contributed by atoms with Gasteiger partial charge in [0.25, 0.3) is 0 Å². The fourth-order valence-electron chi connectivity index (χ4n) is 1.79. The monoisotopic (exact) mass is 326 g/mol. The maximum Gasteiger partial charge on any atom is 0.133 e. The molecule has 2 rings (SSSR count). The van der Waals surface area contributed by atoms with Crippen LogP contribution in [0.1, 0.15) is 6.42 Å². The molecule has 1 N–H and O–H groups in total. The van der Waals surface area contributed by atoms with Crippen LogP contribution < -0.4 is 5.32 Å². The summed E-state index contributed by atoms with van der Waals surface area (Å²) in [7, 11) is -0.722. The minimum absolute atomic E-state index is 0.722.